The second kappa shape index (κ2) is 4.58. The van der Waals surface area contributed by atoms with Gasteiger partial charge in [0.25, 0.3) is 0 Å². The fourth-order valence-corrected chi connectivity index (χ4v) is 2.20. The Morgan fingerprint density at radius 1 is 1.29 bits per heavy atom. The van der Waals surface area contributed by atoms with Crippen molar-refractivity contribution in [2.24, 2.45) is 0 Å². The number of hydrogen-bond donors (Lipinski definition) is 0. The molecule has 0 spiro atoms. The van der Waals surface area contributed by atoms with Crippen LogP contribution in [-0.4, -0.2) is 13.1 Å². The Hall–Kier alpha value is -1.83. The maximum atomic E-state index is 11.8. The zero-order valence-corrected chi connectivity index (χ0v) is 10.1. The molecule has 1 aromatic carbocycles. The summed E-state index contributed by atoms with van der Waals surface area (Å²) in [4.78, 5) is 11.8. The van der Waals surface area contributed by atoms with Gasteiger partial charge in [-0.3, -0.25) is 0 Å². The summed E-state index contributed by atoms with van der Waals surface area (Å²) in [5, 5.41) is 0. The molecule has 2 nitrogen and oxygen atoms in total. The highest BCUT2D eigenvalue weighted by Gasteiger charge is 2.28. The normalized spacial score (nSPS) is 22.5. The fraction of sp³-hybridized carbons (Fsp3) is 0.267. The van der Waals surface area contributed by atoms with Crippen molar-refractivity contribution in [1.82, 2.24) is 0 Å². The first-order chi connectivity index (χ1) is 8.17. The number of allylic oxidation sites excluding steroid dienone is 4. The molecule has 0 heterocycles. The quantitative estimate of drug-likeness (QED) is 0.726. The number of carbonyl (C=O) groups is 1. The molecule has 88 valence electrons. The van der Waals surface area contributed by atoms with Crippen molar-refractivity contribution in [2.45, 2.75) is 18.8 Å². The van der Waals surface area contributed by atoms with E-state index in [2.05, 4.69) is 19.1 Å². The van der Waals surface area contributed by atoms with E-state index in [1.165, 1.54) is 7.11 Å². The van der Waals surface area contributed by atoms with Crippen LogP contribution in [-0.2, 0) is 10.2 Å². The number of esters is 1. The summed E-state index contributed by atoms with van der Waals surface area (Å²) < 4.78 is 4.83. The molecule has 0 saturated carbocycles. The van der Waals surface area contributed by atoms with Crippen LogP contribution in [0.2, 0.25) is 0 Å². The molecule has 17 heavy (non-hydrogen) atoms. The monoisotopic (exact) mass is 228 g/mol. The molecule has 0 aliphatic heterocycles. The number of benzene rings is 1. The highest BCUT2D eigenvalue weighted by Crippen LogP contribution is 2.34. The molecule has 1 aliphatic rings. The van der Waals surface area contributed by atoms with E-state index in [4.69, 9.17) is 4.74 Å². The first kappa shape index (κ1) is 11.6. The van der Waals surface area contributed by atoms with E-state index in [9.17, 15) is 4.79 Å². The highest BCUT2D eigenvalue weighted by molar-refractivity contribution is 5.91. The highest BCUT2D eigenvalue weighted by atomic mass is 16.5. The van der Waals surface area contributed by atoms with Crippen molar-refractivity contribution in [3.8, 4) is 0 Å². The van der Waals surface area contributed by atoms with Gasteiger partial charge >= 0.3 is 5.97 Å². The summed E-state index contributed by atoms with van der Waals surface area (Å²) in [7, 11) is 1.41. The summed E-state index contributed by atoms with van der Waals surface area (Å²) in [5.74, 6) is -0.273. The average molecular weight is 228 g/mol. The topological polar surface area (TPSA) is 26.3 Å². The van der Waals surface area contributed by atoms with Crippen LogP contribution < -0.4 is 0 Å². The van der Waals surface area contributed by atoms with Crippen LogP contribution in [0.25, 0.3) is 0 Å². The number of carbonyl (C=O) groups excluding carboxylic acids is 1. The van der Waals surface area contributed by atoms with E-state index < -0.39 is 0 Å². The lowest BCUT2D eigenvalue weighted by molar-refractivity contribution is 0.0598. The smallest absolute Gasteiger partial charge is 0.338 e. The Morgan fingerprint density at radius 3 is 2.71 bits per heavy atom. The second-order valence-corrected chi connectivity index (χ2v) is 4.45. The van der Waals surface area contributed by atoms with Gasteiger partial charge in [0.2, 0.25) is 0 Å². The van der Waals surface area contributed by atoms with Crippen LogP contribution in [0, 0.1) is 0 Å². The molecule has 0 N–H and O–H groups in total. The first-order valence-corrected chi connectivity index (χ1v) is 5.69. The Balaban J connectivity index is 2.48. The number of hydrogen-bond acceptors (Lipinski definition) is 2. The molecule has 0 saturated heterocycles. The van der Waals surface area contributed by atoms with E-state index in [0.29, 0.717) is 5.56 Å². The van der Waals surface area contributed by atoms with Gasteiger partial charge in [-0.1, -0.05) is 49.4 Å². The van der Waals surface area contributed by atoms with Gasteiger partial charge in [-0.2, -0.15) is 0 Å². The summed E-state index contributed by atoms with van der Waals surface area (Å²) in [6, 6.07) is 7.63. The Morgan fingerprint density at radius 2 is 2.06 bits per heavy atom. The fourth-order valence-electron chi connectivity index (χ4n) is 2.20. The van der Waals surface area contributed by atoms with Crippen LogP contribution in [0.15, 0.2) is 48.6 Å². The predicted octanol–water partition coefficient (Wildman–Crippen LogP) is 3.25. The van der Waals surface area contributed by atoms with Crippen molar-refractivity contribution in [3.63, 3.8) is 0 Å². The predicted molar refractivity (Wildman–Crippen MR) is 68.0 cm³/mol. The third-order valence-corrected chi connectivity index (χ3v) is 3.20. The van der Waals surface area contributed by atoms with E-state index in [0.717, 1.165) is 12.0 Å². The lowest BCUT2D eigenvalue weighted by Crippen LogP contribution is -2.23. The molecule has 1 aromatic rings. The van der Waals surface area contributed by atoms with Crippen molar-refractivity contribution in [1.29, 1.82) is 0 Å². The number of methoxy groups -OCH3 is 1. The van der Waals surface area contributed by atoms with Crippen molar-refractivity contribution < 1.29 is 9.53 Å². The minimum absolute atomic E-state index is 0.125. The molecule has 0 amide bonds. The standard InChI is InChI=1S/C15H16O2/c1-15(10-6-3-7-11-15)13-9-5-4-8-12(13)14(16)17-2/h3-10H,11H2,1-2H3. The van der Waals surface area contributed by atoms with E-state index in [1.807, 2.05) is 36.4 Å². The van der Waals surface area contributed by atoms with Gasteiger partial charge in [0.05, 0.1) is 12.7 Å². The van der Waals surface area contributed by atoms with Gasteiger partial charge in [0.15, 0.2) is 0 Å². The lowest BCUT2D eigenvalue weighted by Gasteiger charge is -2.28. The molecule has 1 atom stereocenters. The molecule has 1 aliphatic carbocycles. The zero-order chi connectivity index (χ0) is 12.3. The minimum atomic E-state index is -0.273. The lowest BCUT2D eigenvalue weighted by atomic mass is 9.75. The van der Waals surface area contributed by atoms with Gasteiger partial charge in [0.1, 0.15) is 0 Å². The molecule has 0 radical (unpaired) electrons. The maximum Gasteiger partial charge on any atom is 0.338 e. The average Bonchev–Trinajstić information content (AvgIpc) is 2.39. The van der Waals surface area contributed by atoms with Gasteiger partial charge in [0, 0.05) is 5.41 Å². The molecular weight excluding hydrogens is 212 g/mol. The van der Waals surface area contributed by atoms with Crippen LogP contribution in [0.4, 0.5) is 0 Å². The largest absolute Gasteiger partial charge is 0.465 e. The Kier molecular flexibility index (Phi) is 3.14. The zero-order valence-electron chi connectivity index (χ0n) is 10.1. The Labute approximate surface area is 102 Å². The maximum absolute atomic E-state index is 11.8. The van der Waals surface area contributed by atoms with E-state index in [-0.39, 0.29) is 11.4 Å². The van der Waals surface area contributed by atoms with Gasteiger partial charge in [-0.15, -0.1) is 0 Å². The summed E-state index contributed by atoms with van der Waals surface area (Å²) in [6.07, 6.45) is 9.21. The van der Waals surface area contributed by atoms with E-state index in [1.54, 1.807) is 0 Å². The number of ether oxygens (including phenoxy) is 1. The van der Waals surface area contributed by atoms with Gasteiger partial charge in [-0.05, 0) is 18.1 Å². The molecule has 1 unspecified atom stereocenters. The molecule has 2 heteroatoms. The Bertz CT molecular complexity index is 485. The van der Waals surface area contributed by atoms with E-state index >= 15 is 0 Å². The molecule has 0 fully saturated rings. The molecule has 0 bridgehead atoms. The molecule has 0 aromatic heterocycles. The summed E-state index contributed by atoms with van der Waals surface area (Å²) in [6.45, 7) is 2.13. The van der Waals surface area contributed by atoms with Gasteiger partial charge < -0.3 is 4.74 Å². The number of rotatable bonds is 2. The van der Waals surface area contributed by atoms with Crippen molar-refractivity contribution in [3.05, 3.63) is 59.7 Å². The molecular formula is C15H16O2. The third-order valence-electron chi connectivity index (χ3n) is 3.20. The second-order valence-electron chi connectivity index (χ2n) is 4.45. The van der Waals surface area contributed by atoms with Crippen LogP contribution >= 0.6 is 0 Å². The van der Waals surface area contributed by atoms with Gasteiger partial charge in [-0.25, -0.2) is 4.79 Å². The molecule has 2 rings (SSSR count). The first-order valence-electron chi connectivity index (χ1n) is 5.69. The van der Waals surface area contributed by atoms with Crippen molar-refractivity contribution in [2.75, 3.05) is 7.11 Å². The van der Waals surface area contributed by atoms with Crippen LogP contribution in [0.1, 0.15) is 29.3 Å². The van der Waals surface area contributed by atoms with Crippen molar-refractivity contribution >= 4 is 5.97 Å². The van der Waals surface area contributed by atoms with Crippen LogP contribution in [0.3, 0.4) is 0 Å². The summed E-state index contributed by atoms with van der Waals surface area (Å²) >= 11 is 0. The SMILES string of the molecule is COC(=O)c1ccccc1C1(C)C=CC=CC1. The third kappa shape index (κ3) is 2.16. The summed E-state index contributed by atoms with van der Waals surface area (Å²) in [5.41, 5.74) is 1.55. The minimum Gasteiger partial charge on any atom is -0.465 e. The van der Waals surface area contributed by atoms with Crippen LogP contribution in [0.5, 0.6) is 0 Å².